The van der Waals surface area contributed by atoms with Gasteiger partial charge in [0.1, 0.15) is 0 Å². The van der Waals surface area contributed by atoms with Crippen LogP contribution in [0.3, 0.4) is 0 Å². The summed E-state index contributed by atoms with van der Waals surface area (Å²) >= 11 is 0. The molecule has 0 aromatic heterocycles. The quantitative estimate of drug-likeness (QED) is 0.144. The van der Waals surface area contributed by atoms with Gasteiger partial charge in [-0.3, -0.25) is 0 Å². The molecule has 0 aliphatic carbocycles. The van der Waals surface area contributed by atoms with E-state index in [9.17, 15) is 0 Å². The van der Waals surface area contributed by atoms with E-state index in [2.05, 4.69) is 278 Å². The Labute approximate surface area is 423 Å². The van der Waals surface area contributed by atoms with E-state index in [-0.39, 0.29) is 0 Å². The molecule has 0 aliphatic rings. The van der Waals surface area contributed by atoms with Gasteiger partial charge in [0.2, 0.25) is 0 Å². The fourth-order valence-corrected chi connectivity index (χ4v) is 12.1. The second-order valence-electron chi connectivity index (χ2n) is 19.6. The maximum Gasteiger partial charge on any atom is 0.0474 e. The zero-order valence-electron chi connectivity index (χ0n) is 39.9. The molecule has 15 aromatic carbocycles. The van der Waals surface area contributed by atoms with E-state index in [4.69, 9.17) is 0 Å². The molecule has 338 valence electrons. The summed E-state index contributed by atoms with van der Waals surface area (Å²) < 4.78 is 0. The molecule has 0 saturated heterocycles. The molecule has 1 heteroatoms. The van der Waals surface area contributed by atoms with Crippen molar-refractivity contribution in [3.8, 4) is 44.5 Å². The van der Waals surface area contributed by atoms with Gasteiger partial charge in [-0.15, -0.1) is 0 Å². The third-order valence-electron chi connectivity index (χ3n) is 15.6. The highest BCUT2D eigenvalue weighted by Gasteiger charge is 2.20. The van der Waals surface area contributed by atoms with E-state index in [1.807, 2.05) is 0 Å². The lowest BCUT2D eigenvalue weighted by Crippen LogP contribution is -2.10. The maximum atomic E-state index is 2.46. The highest BCUT2D eigenvalue weighted by atomic mass is 15.1. The van der Waals surface area contributed by atoms with Crippen molar-refractivity contribution in [3.63, 3.8) is 0 Å². The first-order valence-electron chi connectivity index (χ1n) is 25.3. The predicted octanol–water partition coefficient (Wildman–Crippen LogP) is 20.5. The van der Waals surface area contributed by atoms with E-state index in [0.29, 0.717) is 0 Å². The molecular weight excluding hydrogens is 879 g/mol. The van der Waals surface area contributed by atoms with Crippen LogP contribution >= 0.6 is 0 Å². The molecule has 0 radical (unpaired) electrons. The summed E-state index contributed by atoms with van der Waals surface area (Å²) in [5.41, 5.74) is 12.9. The topological polar surface area (TPSA) is 3.24 Å². The Morgan fingerprint density at radius 1 is 0.178 bits per heavy atom. The average Bonchev–Trinajstić information content (AvgIpc) is 3.46. The van der Waals surface area contributed by atoms with Crippen molar-refractivity contribution in [2.75, 3.05) is 4.90 Å². The number of fused-ring (bicyclic) bond motifs is 4. The minimum absolute atomic E-state index is 1.09. The molecule has 0 fully saturated rings. The van der Waals surface area contributed by atoms with Gasteiger partial charge in [-0.1, -0.05) is 237 Å². The van der Waals surface area contributed by atoms with Crippen molar-refractivity contribution in [3.05, 3.63) is 273 Å². The van der Waals surface area contributed by atoms with Crippen LogP contribution < -0.4 is 4.90 Å². The third-order valence-corrected chi connectivity index (χ3v) is 15.6. The van der Waals surface area contributed by atoms with E-state index in [1.54, 1.807) is 0 Å². The molecule has 0 amide bonds. The molecular formula is C72H45N. The Morgan fingerprint density at radius 2 is 0.493 bits per heavy atom. The van der Waals surface area contributed by atoms with Gasteiger partial charge in [-0.05, 0) is 167 Å². The number of benzene rings is 14. The average molecular weight is 924 g/mol. The number of rotatable bonds is 7. The van der Waals surface area contributed by atoms with Gasteiger partial charge < -0.3 is 4.90 Å². The van der Waals surface area contributed by atoms with Gasteiger partial charge in [0.05, 0.1) is 0 Å². The van der Waals surface area contributed by atoms with Crippen molar-refractivity contribution in [1.82, 2.24) is 0 Å². The van der Waals surface area contributed by atoms with Crippen molar-refractivity contribution in [2.24, 2.45) is 0 Å². The molecule has 0 saturated carbocycles. The Hall–Kier alpha value is -9.56. The molecule has 0 N–H and O–H groups in total. The zero-order chi connectivity index (χ0) is 48.0. The largest absolute Gasteiger partial charge is 0.310 e. The molecule has 0 atom stereocenters. The van der Waals surface area contributed by atoms with Gasteiger partial charge in [0.15, 0.2) is 0 Å². The Bertz CT molecular complexity index is 4440. The Balaban J connectivity index is 0.889. The van der Waals surface area contributed by atoms with E-state index in [1.165, 1.54) is 131 Å². The first-order valence-corrected chi connectivity index (χ1v) is 25.3. The van der Waals surface area contributed by atoms with Gasteiger partial charge >= 0.3 is 0 Å². The monoisotopic (exact) mass is 923 g/mol. The standard InChI is InChI=1S/C72H45N/c1-3-17-61-50(10-1)12-5-19-63(61)52-28-24-46(25-29-52)48-36-40-58(41-37-48)73(59-42-38-49(39-43-59)47-26-30-53(31-27-47)64-20-6-13-51-11-2-4-18-62(51)64)60-44-57-35-34-56-15-8-22-66-65-21-7-14-54-32-33-55-16-9-23-67(71(55)69(54)65)68(45-60)72(57)70(56)66/h1-45H. The van der Waals surface area contributed by atoms with Crippen LogP contribution in [0.1, 0.15) is 0 Å². The first-order chi connectivity index (χ1) is 36.2. The second kappa shape index (κ2) is 16.5. The lowest BCUT2D eigenvalue weighted by atomic mass is 9.87. The molecule has 0 bridgehead atoms. The summed E-state index contributed by atoms with van der Waals surface area (Å²) in [5, 5.41) is 20.3. The Morgan fingerprint density at radius 3 is 0.945 bits per heavy atom. The molecule has 0 heterocycles. The summed E-state index contributed by atoms with van der Waals surface area (Å²) in [6.07, 6.45) is 0. The third kappa shape index (κ3) is 6.71. The number of anilines is 3. The summed E-state index contributed by atoms with van der Waals surface area (Å²) in [5.74, 6) is 0. The summed E-state index contributed by atoms with van der Waals surface area (Å²) in [7, 11) is 0. The lowest BCUT2D eigenvalue weighted by molar-refractivity contribution is 1.29. The normalized spacial score (nSPS) is 11.8. The first kappa shape index (κ1) is 41.2. The smallest absolute Gasteiger partial charge is 0.0474 e. The van der Waals surface area contributed by atoms with Crippen LogP contribution in [0.2, 0.25) is 0 Å². The minimum Gasteiger partial charge on any atom is -0.310 e. The summed E-state index contributed by atoms with van der Waals surface area (Å²) in [6.45, 7) is 0. The van der Waals surface area contributed by atoms with Gasteiger partial charge in [0, 0.05) is 17.1 Å². The zero-order valence-corrected chi connectivity index (χ0v) is 39.9. The van der Waals surface area contributed by atoms with Crippen LogP contribution in [0.4, 0.5) is 17.1 Å². The molecule has 0 unspecified atom stereocenters. The molecule has 15 aromatic rings. The van der Waals surface area contributed by atoms with Crippen molar-refractivity contribution in [1.29, 1.82) is 0 Å². The van der Waals surface area contributed by atoms with Gasteiger partial charge in [-0.2, -0.15) is 0 Å². The van der Waals surface area contributed by atoms with Crippen LogP contribution in [-0.4, -0.2) is 0 Å². The highest BCUT2D eigenvalue weighted by molar-refractivity contribution is 6.37. The fraction of sp³-hybridized carbons (Fsp3) is 0. The summed E-state index contributed by atoms with van der Waals surface area (Å²) in [4.78, 5) is 2.44. The van der Waals surface area contributed by atoms with E-state index < -0.39 is 0 Å². The number of nitrogens with zero attached hydrogens (tertiary/aromatic N) is 1. The van der Waals surface area contributed by atoms with Crippen molar-refractivity contribution >= 4 is 103 Å². The van der Waals surface area contributed by atoms with E-state index >= 15 is 0 Å². The minimum atomic E-state index is 1.09. The van der Waals surface area contributed by atoms with Crippen LogP contribution in [0.5, 0.6) is 0 Å². The lowest BCUT2D eigenvalue weighted by Gasteiger charge is -2.27. The van der Waals surface area contributed by atoms with Crippen LogP contribution in [0.15, 0.2) is 273 Å². The predicted molar refractivity (Wildman–Crippen MR) is 314 cm³/mol. The van der Waals surface area contributed by atoms with Crippen molar-refractivity contribution in [2.45, 2.75) is 0 Å². The molecule has 1 nitrogen and oxygen atoms in total. The molecule has 0 aliphatic heterocycles. The van der Waals surface area contributed by atoms with Crippen LogP contribution in [-0.2, 0) is 0 Å². The van der Waals surface area contributed by atoms with Gasteiger partial charge in [-0.25, -0.2) is 0 Å². The van der Waals surface area contributed by atoms with E-state index in [0.717, 1.165) is 17.1 Å². The number of hydrogen-bond donors (Lipinski definition) is 0. The van der Waals surface area contributed by atoms with Crippen LogP contribution in [0.25, 0.3) is 131 Å². The summed E-state index contributed by atoms with van der Waals surface area (Å²) in [6, 6.07) is 101. The SMILES string of the molecule is c1ccc2c(-c3ccc(-c4ccc(N(c5ccc(-c6ccc(-c7cccc8ccccc78)cc6)cc5)c5cc6ccc7cccc8c9cccc%10ccc%11cccc(c(c5)c6c78)c%11c%109)cc4)cc3)cccc2c1. The van der Waals surface area contributed by atoms with Crippen molar-refractivity contribution < 1.29 is 0 Å². The van der Waals surface area contributed by atoms with Crippen LogP contribution in [0, 0.1) is 0 Å². The maximum absolute atomic E-state index is 2.46. The second-order valence-corrected chi connectivity index (χ2v) is 19.6. The molecule has 15 rings (SSSR count). The molecule has 0 spiro atoms. The number of hydrogen-bond acceptors (Lipinski definition) is 1. The van der Waals surface area contributed by atoms with Gasteiger partial charge in [0.25, 0.3) is 0 Å². The highest BCUT2D eigenvalue weighted by Crippen LogP contribution is 2.47. The fourth-order valence-electron chi connectivity index (χ4n) is 12.1. The Kier molecular flexibility index (Phi) is 9.33. The molecule has 73 heavy (non-hydrogen) atoms.